The summed E-state index contributed by atoms with van der Waals surface area (Å²) in [6, 6.07) is 14.5. The molecule has 0 bridgehead atoms. The summed E-state index contributed by atoms with van der Waals surface area (Å²) >= 11 is 3.62. The number of benzene rings is 2. The molecule has 1 saturated heterocycles. The van der Waals surface area contributed by atoms with Gasteiger partial charge in [-0.25, -0.2) is 0 Å². The van der Waals surface area contributed by atoms with Gasteiger partial charge in [0.1, 0.15) is 18.0 Å². The molecule has 4 nitrogen and oxygen atoms in total. The van der Waals surface area contributed by atoms with Gasteiger partial charge in [-0.3, -0.25) is 9.69 Å². The van der Waals surface area contributed by atoms with Crippen molar-refractivity contribution in [1.29, 1.82) is 0 Å². The molecule has 2 aromatic rings. The van der Waals surface area contributed by atoms with Crippen LogP contribution in [0.15, 0.2) is 53.0 Å². The van der Waals surface area contributed by atoms with Gasteiger partial charge in [-0.1, -0.05) is 46.3 Å². The maximum atomic E-state index is 12.3. The minimum absolute atomic E-state index is 0.189. The number of para-hydroxylation sites is 1. The number of carbonyl (C=O) groups is 1. The van der Waals surface area contributed by atoms with Crippen molar-refractivity contribution in [2.24, 2.45) is 0 Å². The van der Waals surface area contributed by atoms with E-state index in [4.69, 9.17) is 9.47 Å². The summed E-state index contributed by atoms with van der Waals surface area (Å²) < 4.78 is 12.6. The van der Waals surface area contributed by atoms with E-state index in [-0.39, 0.29) is 12.4 Å². The highest BCUT2D eigenvalue weighted by molar-refractivity contribution is 9.10. The van der Waals surface area contributed by atoms with E-state index in [9.17, 15) is 4.79 Å². The minimum atomic E-state index is -0.500. The molecule has 1 heterocycles. The van der Waals surface area contributed by atoms with Gasteiger partial charge in [0.15, 0.2) is 0 Å². The first kappa shape index (κ1) is 23.6. The van der Waals surface area contributed by atoms with Gasteiger partial charge in [0, 0.05) is 16.1 Å². The highest BCUT2D eigenvalue weighted by atomic mass is 79.9. The molecule has 1 aliphatic heterocycles. The van der Waals surface area contributed by atoms with Crippen LogP contribution in [0.4, 0.5) is 0 Å². The molecule has 0 amide bonds. The fraction of sp³-hybridized carbons (Fsp3) is 0.423. The fourth-order valence-electron chi connectivity index (χ4n) is 3.74. The molecule has 5 heteroatoms. The standard InChI is InChI=1S/C26H32BrNO3/c1-26(2,3)31-25(29)17-21-8-5-6-10-24(21)30-18-20-14-19(15-22(27)16-20)11-12-23-9-7-13-28(23)4/h5-6,8,10-12,14-16,23H,7,9,13,17-18H2,1-4H3. The molecule has 0 saturated carbocycles. The molecule has 2 aromatic carbocycles. The SMILES string of the molecule is CN1CCCC1C=Cc1cc(Br)cc(COc2ccccc2CC(=O)OC(C)(C)C)c1. The number of esters is 1. The van der Waals surface area contributed by atoms with E-state index in [0.717, 1.165) is 27.7 Å². The molecule has 3 rings (SSSR count). The van der Waals surface area contributed by atoms with E-state index >= 15 is 0 Å². The van der Waals surface area contributed by atoms with Gasteiger partial charge in [-0.05, 0) is 82.6 Å². The lowest BCUT2D eigenvalue weighted by atomic mass is 10.1. The number of likely N-dealkylation sites (tertiary alicyclic amines) is 1. The van der Waals surface area contributed by atoms with Gasteiger partial charge in [0.2, 0.25) is 0 Å². The molecular weight excluding hydrogens is 454 g/mol. The van der Waals surface area contributed by atoms with Crippen LogP contribution in [0.2, 0.25) is 0 Å². The predicted octanol–water partition coefficient (Wildman–Crippen LogP) is 6.02. The topological polar surface area (TPSA) is 38.8 Å². The van der Waals surface area contributed by atoms with Gasteiger partial charge >= 0.3 is 5.97 Å². The zero-order valence-electron chi connectivity index (χ0n) is 18.9. The molecule has 1 atom stereocenters. The van der Waals surface area contributed by atoms with Crippen LogP contribution in [0.1, 0.15) is 50.3 Å². The van der Waals surface area contributed by atoms with Crippen molar-refractivity contribution in [3.8, 4) is 5.75 Å². The lowest BCUT2D eigenvalue weighted by Gasteiger charge is -2.20. The Bertz CT molecular complexity index is 932. The van der Waals surface area contributed by atoms with Crippen LogP contribution in [-0.4, -0.2) is 36.1 Å². The monoisotopic (exact) mass is 485 g/mol. The van der Waals surface area contributed by atoms with Crippen molar-refractivity contribution in [2.45, 2.75) is 58.3 Å². The molecule has 166 valence electrons. The quantitative estimate of drug-likeness (QED) is 0.449. The average Bonchev–Trinajstić information content (AvgIpc) is 3.08. The summed E-state index contributed by atoms with van der Waals surface area (Å²) in [5.41, 5.74) is 2.55. The van der Waals surface area contributed by atoms with Crippen LogP contribution in [0.5, 0.6) is 5.75 Å². The van der Waals surface area contributed by atoms with E-state index < -0.39 is 5.60 Å². The third-order valence-corrected chi connectivity index (χ3v) is 5.65. The molecule has 31 heavy (non-hydrogen) atoms. The van der Waals surface area contributed by atoms with Gasteiger partial charge < -0.3 is 9.47 Å². The normalized spacial score (nSPS) is 17.3. The Kier molecular flexibility index (Phi) is 7.95. The van der Waals surface area contributed by atoms with E-state index in [1.165, 1.54) is 12.8 Å². The van der Waals surface area contributed by atoms with Crippen LogP contribution in [0.25, 0.3) is 6.08 Å². The Morgan fingerprint density at radius 3 is 2.71 bits per heavy atom. The number of hydrogen-bond donors (Lipinski definition) is 0. The zero-order chi connectivity index (χ0) is 22.4. The number of likely N-dealkylation sites (N-methyl/N-ethyl adjacent to an activating group) is 1. The second kappa shape index (κ2) is 10.5. The van der Waals surface area contributed by atoms with Gasteiger partial charge in [-0.15, -0.1) is 0 Å². The Labute approximate surface area is 194 Å². The Hall–Kier alpha value is -2.11. The second-order valence-corrected chi connectivity index (χ2v) is 10.0. The summed E-state index contributed by atoms with van der Waals surface area (Å²) in [6.07, 6.45) is 7.14. The van der Waals surface area contributed by atoms with E-state index in [1.54, 1.807) is 0 Å². The number of nitrogens with zero attached hydrogens (tertiary/aromatic N) is 1. The molecule has 1 unspecified atom stereocenters. The third-order valence-electron chi connectivity index (χ3n) is 5.19. The minimum Gasteiger partial charge on any atom is -0.489 e. The van der Waals surface area contributed by atoms with Crippen molar-refractivity contribution in [3.05, 3.63) is 69.7 Å². The first-order valence-corrected chi connectivity index (χ1v) is 11.6. The van der Waals surface area contributed by atoms with Gasteiger partial charge in [-0.2, -0.15) is 0 Å². The van der Waals surface area contributed by atoms with Crippen molar-refractivity contribution < 1.29 is 14.3 Å². The van der Waals surface area contributed by atoms with Crippen LogP contribution in [-0.2, 0) is 22.6 Å². The maximum absolute atomic E-state index is 12.3. The van der Waals surface area contributed by atoms with Crippen molar-refractivity contribution in [3.63, 3.8) is 0 Å². The summed E-state index contributed by atoms with van der Waals surface area (Å²) in [7, 11) is 2.18. The molecular formula is C26H32BrNO3. The molecule has 0 aliphatic carbocycles. The van der Waals surface area contributed by atoms with E-state index in [1.807, 2.05) is 45.0 Å². The largest absolute Gasteiger partial charge is 0.489 e. The smallest absolute Gasteiger partial charge is 0.310 e. The Balaban J connectivity index is 1.67. The molecule has 0 spiro atoms. The number of rotatable bonds is 7. The first-order chi connectivity index (χ1) is 14.7. The maximum Gasteiger partial charge on any atom is 0.310 e. The third kappa shape index (κ3) is 7.51. The lowest BCUT2D eigenvalue weighted by Crippen LogP contribution is -2.25. The van der Waals surface area contributed by atoms with E-state index in [2.05, 4.69) is 58.2 Å². The van der Waals surface area contributed by atoms with Crippen molar-refractivity contribution >= 4 is 28.0 Å². The highest BCUT2D eigenvalue weighted by Gasteiger charge is 2.19. The zero-order valence-corrected chi connectivity index (χ0v) is 20.4. The first-order valence-electron chi connectivity index (χ1n) is 10.8. The average molecular weight is 486 g/mol. The number of ether oxygens (including phenoxy) is 2. The van der Waals surface area contributed by atoms with Gasteiger partial charge in [0.25, 0.3) is 0 Å². The van der Waals surface area contributed by atoms with Gasteiger partial charge in [0.05, 0.1) is 6.42 Å². The van der Waals surface area contributed by atoms with Crippen molar-refractivity contribution in [2.75, 3.05) is 13.6 Å². The number of halogens is 1. The molecule has 1 fully saturated rings. The van der Waals surface area contributed by atoms with Crippen LogP contribution < -0.4 is 4.74 Å². The summed E-state index contributed by atoms with van der Waals surface area (Å²) in [6.45, 7) is 7.20. The van der Waals surface area contributed by atoms with Crippen LogP contribution in [0.3, 0.4) is 0 Å². The van der Waals surface area contributed by atoms with Crippen LogP contribution >= 0.6 is 15.9 Å². The Morgan fingerprint density at radius 1 is 1.23 bits per heavy atom. The molecule has 0 radical (unpaired) electrons. The molecule has 0 aromatic heterocycles. The molecule has 0 N–H and O–H groups in total. The predicted molar refractivity (Wildman–Crippen MR) is 129 cm³/mol. The fourth-order valence-corrected chi connectivity index (χ4v) is 4.30. The summed E-state index contributed by atoms with van der Waals surface area (Å²) in [5, 5.41) is 0. The molecule has 1 aliphatic rings. The van der Waals surface area contributed by atoms with Crippen LogP contribution in [0, 0.1) is 0 Å². The second-order valence-electron chi connectivity index (χ2n) is 9.10. The van der Waals surface area contributed by atoms with E-state index in [0.29, 0.717) is 18.4 Å². The highest BCUT2D eigenvalue weighted by Crippen LogP contribution is 2.24. The van der Waals surface area contributed by atoms with Crippen molar-refractivity contribution in [1.82, 2.24) is 4.90 Å². The number of hydrogen-bond acceptors (Lipinski definition) is 4. The Morgan fingerprint density at radius 2 is 2.00 bits per heavy atom. The number of carbonyl (C=O) groups excluding carboxylic acids is 1. The lowest BCUT2D eigenvalue weighted by molar-refractivity contribution is -0.153. The summed E-state index contributed by atoms with van der Waals surface area (Å²) in [4.78, 5) is 14.6. The summed E-state index contributed by atoms with van der Waals surface area (Å²) in [5.74, 6) is 0.452.